The van der Waals surface area contributed by atoms with Crippen LogP contribution in [0.4, 0.5) is 11.4 Å². The maximum Gasteiger partial charge on any atom is 0.0980 e. The van der Waals surface area contributed by atoms with Crippen LogP contribution < -0.4 is 15.9 Å². The van der Waals surface area contributed by atoms with Crippen molar-refractivity contribution in [3.05, 3.63) is 132 Å². The van der Waals surface area contributed by atoms with Gasteiger partial charge in [-0.3, -0.25) is 5.01 Å². The van der Waals surface area contributed by atoms with E-state index in [4.69, 9.17) is 10.9 Å². The molecule has 166 valence electrons. The highest BCUT2D eigenvalue weighted by molar-refractivity contribution is 6.13. The number of hydrazone groups is 1. The average Bonchev–Trinajstić information content (AvgIpc) is 2.90. The lowest BCUT2D eigenvalue weighted by Crippen LogP contribution is -2.32. The summed E-state index contributed by atoms with van der Waals surface area (Å²) < 4.78 is 0. The number of unbranched alkanes of at least 4 members (excludes halogenated alkanes) is 1. The molecule has 0 heterocycles. The van der Waals surface area contributed by atoms with Gasteiger partial charge in [-0.25, -0.2) is 5.84 Å². The first kappa shape index (κ1) is 22.3. The molecule has 33 heavy (non-hydrogen) atoms. The molecule has 0 spiro atoms. The van der Waals surface area contributed by atoms with E-state index in [0.717, 1.165) is 54.1 Å². The predicted molar refractivity (Wildman–Crippen MR) is 140 cm³/mol. The fraction of sp³-hybridized carbons (Fsp3) is 0.138. The summed E-state index contributed by atoms with van der Waals surface area (Å²) in [5.74, 6) is 6.25. The lowest BCUT2D eigenvalue weighted by molar-refractivity contribution is 0.679. The molecular weight excluding hydrogens is 404 g/mol. The van der Waals surface area contributed by atoms with Crippen LogP contribution in [-0.4, -0.2) is 18.8 Å². The Kier molecular flexibility index (Phi) is 7.88. The van der Waals surface area contributed by atoms with E-state index >= 15 is 0 Å². The van der Waals surface area contributed by atoms with Crippen LogP contribution in [0.25, 0.3) is 0 Å². The van der Waals surface area contributed by atoms with Crippen LogP contribution in [-0.2, 0) is 0 Å². The van der Waals surface area contributed by atoms with Crippen LogP contribution in [0.5, 0.6) is 0 Å². The smallest absolute Gasteiger partial charge is 0.0980 e. The van der Waals surface area contributed by atoms with Crippen LogP contribution in [0, 0.1) is 0 Å². The van der Waals surface area contributed by atoms with E-state index in [-0.39, 0.29) is 0 Å². The fourth-order valence-corrected chi connectivity index (χ4v) is 3.72. The zero-order chi connectivity index (χ0) is 22.7. The molecule has 0 saturated carbocycles. The van der Waals surface area contributed by atoms with Gasteiger partial charge in [-0.15, -0.1) is 0 Å². The number of rotatable bonds is 10. The standard InChI is InChI=1S/C29H30N4/c30-32(27-19-9-3-10-20-27)23-13-14-24-33(28-21-11-4-12-22-28)31-29(25-15-5-1-6-16-25)26-17-7-2-8-18-26/h1-12,15-22H,13-14,23-24,30H2. The van der Waals surface area contributed by atoms with E-state index in [1.807, 2.05) is 53.5 Å². The Hall–Kier alpha value is -3.89. The van der Waals surface area contributed by atoms with Gasteiger partial charge in [0.25, 0.3) is 0 Å². The molecule has 2 N–H and O–H groups in total. The molecule has 0 aromatic heterocycles. The second-order valence-electron chi connectivity index (χ2n) is 7.88. The Labute approximate surface area is 196 Å². The first-order valence-corrected chi connectivity index (χ1v) is 11.4. The zero-order valence-electron chi connectivity index (χ0n) is 18.8. The van der Waals surface area contributed by atoms with Gasteiger partial charge >= 0.3 is 0 Å². The van der Waals surface area contributed by atoms with Crippen molar-refractivity contribution in [3.8, 4) is 0 Å². The Morgan fingerprint density at radius 1 is 0.545 bits per heavy atom. The highest BCUT2D eigenvalue weighted by Gasteiger charge is 2.12. The van der Waals surface area contributed by atoms with Gasteiger partial charge in [0, 0.05) is 24.2 Å². The highest BCUT2D eigenvalue weighted by atomic mass is 15.5. The minimum Gasteiger partial charge on any atom is -0.311 e. The SMILES string of the molecule is NN(CCCCN(N=C(c1ccccc1)c1ccccc1)c1ccccc1)c1ccccc1. The van der Waals surface area contributed by atoms with Gasteiger partial charge in [-0.1, -0.05) is 97.1 Å². The van der Waals surface area contributed by atoms with E-state index in [9.17, 15) is 0 Å². The highest BCUT2D eigenvalue weighted by Crippen LogP contribution is 2.19. The van der Waals surface area contributed by atoms with E-state index in [1.54, 1.807) is 0 Å². The monoisotopic (exact) mass is 434 g/mol. The number of nitrogens with zero attached hydrogens (tertiary/aromatic N) is 3. The van der Waals surface area contributed by atoms with Crippen LogP contribution in [0.3, 0.4) is 0 Å². The molecule has 0 aliphatic heterocycles. The van der Waals surface area contributed by atoms with Crippen LogP contribution in [0.2, 0.25) is 0 Å². The van der Waals surface area contributed by atoms with Gasteiger partial charge in [0.1, 0.15) is 0 Å². The summed E-state index contributed by atoms with van der Waals surface area (Å²) in [6.07, 6.45) is 1.94. The molecule has 4 heteroatoms. The number of hydrazine groups is 1. The quantitative estimate of drug-likeness (QED) is 0.142. The molecule has 4 aromatic rings. The van der Waals surface area contributed by atoms with Gasteiger partial charge in [-0.05, 0) is 37.1 Å². The second kappa shape index (κ2) is 11.7. The molecule has 0 aliphatic rings. The second-order valence-corrected chi connectivity index (χ2v) is 7.88. The van der Waals surface area contributed by atoms with E-state index in [2.05, 4.69) is 77.8 Å². The number of para-hydroxylation sites is 2. The Morgan fingerprint density at radius 2 is 0.970 bits per heavy atom. The third kappa shape index (κ3) is 6.31. The first-order valence-electron chi connectivity index (χ1n) is 11.4. The third-order valence-corrected chi connectivity index (χ3v) is 5.48. The maximum atomic E-state index is 6.25. The molecule has 0 unspecified atom stereocenters. The lowest BCUT2D eigenvalue weighted by atomic mass is 10.0. The van der Waals surface area contributed by atoms with Crippen molar-refractivity contribution in [2.24, 2.45) is 10.9 Å². The molecule has 4 aromatic carbocycles. The largest absolute Gasteiger partial charge is 0.311 e. The van der Waals surface area contributed by atoms with Crippen molar-refractivity contribution in [2.45, 2.75) is 12.8 Å². The minimum atomic E-state index is 0.792. The summed E-state index contributed by atoms with van der Waals surface area (Å²) in [5, 5.41) is 9.09. The van der Waals surface area contributed by atoms with Crippen LogP contribution in [0.15, 0.2) is 126 Å². The minimum absolute atomic E-state index is 0.792. The summed E-state index contributed by atoms with van der Waals surface area (Å²) in [6.45, 7) is 1.59. The molecule has 0 fully saturated rings. The number of hydrogen-bond donors (Lipinski definition) is 1. The Balaban J connectivity index is 1.54. The maximum absolute atomic E-state index is 6.25. The Morgan fingerprint density at radius 3 is 1.48 bits per heavy atom. The summed E-state index contributed by atoms with van der Waals surface area (Å²) in [4.78, 5) is 0. The van der Waals surface area contributed by atoms with Crippen molar-refractivity contribution in [1.82, 2.24) is 0 Å². The predicted octanol–water partition coefficient (Wildman–Crippen LogP) is 6.11. The van der Waals surface area contributed by atoms with Crippen molar-refractivity contribution < 1.29 is 0 Å². The molecule has 0 radical (unpaired) electrons. The summed E-state index contributed by atoms with van der Waals surface area (Å²) in [7, 11) is 0. The van der Waals surface area contributed by atoms with Crippen LogP contribution >= 0.6 is 0 Å². The summed E-state index contributed by atoms with van der Waals surface area (Å²) in [6, 6.07) is 41.2. The van der Waals surface area contributed by atoms with Gasteiger partial charge in [-0.2, -0.15) is 5.10 Å². The first-order chi connectivity index (χ1) is 16.3. The molecule has 0 atom stereocenters. The van der Waals surface area contributed by atoms with E-state index in [0.29, 0.717) is 0 Å². The molecule has 0 saturated heterocycles. The van der Waals surface area contributed by atoms with Gasteiger partial charge in [0.05, 0.1) is 17.1 Å². The van der Waals surface area contributed by atoms with Gasteiger partial charge in [0.2, 0.25) is 0 Å². The number of anilines is 2. The van der Waals surface area contributed by atoms with Crippen molar-refractivity contribution in [3.63, 3.8) is 0 Å². The molecule has 4 nitrogen and oxygen atoms in total. The number of hydrogen-bond acceptors (Lipinski definition) is 4. The van der Waals surface area contributed by atoms with Gasteiger partial charge < -0.3 is 5.01 Å². The topological polar surface area (TPSA) is 44.9 Å². The lowest BCUT2D eigenvalue weighted by Gasteiger charge is -2.23. The summed E-state index contributed by atoms with van der Waals surface area (Å²) >= 11 is 0. The van der Waals surface area contributed by atoms with E-state index < -0.39 is 0 Å². The molecule has 0 bridgehead atoms. The third-order valence-electron chi connectivity index (χ3n) is 5.48. The summed E-state index contributed by atoms with van der Waals surface area (Å²) in [5.41, 5.74) is 5.27. The van der Waals surface area contributed by atoms with Crippen LogP contribution in [0.1, 0.15) is 24.0 Å². The molecular formula is C29H30N4. The van der Waals surface area contributed by atoms with Crippen molar-refractivity contribution >= 4 is 17.1 Å². The number of nitrogens with two attached hydrogens (primary N) is 1. The van der Waals surface area contributed by atoms with E-state index in [1.165, 1.54) is 0 Å². The van der Waals surface area contributed by atoms with Crippen molar-refractivity contribution in [2.75, 3.05) is 23.1 Å². The molecule has 0 aliphatic carbocycles. The average molecular weight is 435 g/mol. The zero-order valence-corrected chi connectivity index (χ0v) is 18.8. The Bertz CT molecular complexity index is 1070. The normalized spacial score (nSPS) is 10.5. The molecule has 4 rings (SSSR count). The number of benzene rings is 4. The molecule has 0 amide bonds. The van der Waals surface area contributed by atoms with Crippen molar-refractivity contribution in [1.29, 1.82) is 0 Å². The van der Waals surface area contributed by atoms with Gasteiger partial charge in [0.15, 0.2) is 0 Å². The fourth-order valence-electron chi connectivity index (χ4n) is 3.72.